The first-order valence-electron chi connectivity index (χ1n) is 7.46. The van der Waals surface area contributed by atoms with Crippen molar-refractivity contribution >= 4 is 11.4 Å². The highest BCUT2D eigenvalue weighted by atomic mass is 15.3. The zero-order chi connectivity index (χ0) is 15.1. The van der Waals surface area contributed by atoms with Crippen molar-refractivity contribution in [1.82, 2.24) is 19.7 Å². The molecule has 0 spiro atoms. The van der Waals surface area contributed by atoms with Crippen LogP contribution in [-0.4, -0.2) is 31.8 Å². The number of nitriles is 1. The Labute approximate surface area is 128 Å². The second-order valence-corrected chi connectivity index (χ2v) is 5.82. The van der Waals surface area contributed by atoms with E-state index in [2.05, 4.69) is 38.2 Å². The SMILES string of the molecule is Cn1nccc1C1=C[C@H]2CC[C@@H](C1)N2c1cncc(C#N)n1. The average Bonchev–Trinajstić information content (AvgIpc) is 3.08. The second kappa shape index (κ2) is 4.95. The molecule has 2 aromatic rings. The molecule has 0 amide bonds. The summed E-state index contributed by atoms with van der Waals surface area (Å²) >= 11 is 0. The van der Waals surface area contributed by atoms with E-state index in [0.717, 1.165) is 25.1 Å². The predicted octanol–water partition coefficient (Wildman–Crippen LogP) is 1.91. The van der Waals surface area contributed by atoms with E-state index in [1.165, 1.54) is 17.5 Å². The number of hydrogen-bond acceptors (Lipinski definition) is 5. The smallest absolute Gasteiger partial charge is 0.161 e. The summed E-state index contributed by atoms with van der Waals surface area (Å²) in [7, 11) is 1.98. The Morgan fingerprint density at radius 2 is 2.23 bits per heavy atom. The van der Waals surface area contributed by atoms with Crippen molar-refractivity contribution in [2.24, 2.45) is 7.05 Å². The lowest BCUT2D eigenvalue weighted by Crippen LogP contribution is -2.39. The first-order chi connectivity index (χ1) is 10.8. The summed E-state index contributed by atoms with van der Waals surface area (Å²) in [5, 5.41) is 13.3. The Balaban J connectivity index is 1.69. The zero-order valence-electron chi connectivity index (χ0n) is 12.3. The van der Waals surface area contributed by atoms with E-state index < -0.39 is 0 Å². The van der Waals surface area contributed by atoms with Crippen LogP contribution in [0, 0.1) is 11.3 Å². The highest BCUT2D eigenvalue weighted by molar-refractivity contribution is 5.68. The van der Waals surface area contributed by atoms with Crippen molar-refractivity contribution in [1.29, 1.82) is 5.26 Å². The lowest BCUT2D eigenvalue weighted by atomic mass is 9.98. The number of hydrogen-bond donors (Lipinski definition) is 0. The molecule has 0 N–H and O–H groups in total. The maximum Gasteiger partial charge on any atom is 0.161 e. The summed E-state index contributed by atoms with van der Waals surface area (Å²) < 4.78 is 1.93. The summed E-state index contributed by atoms with van der Waals surface area (Å²) in [6.07, 6.45) is 10.7. The monoisotopic (exact) mass is 292 g/mol. The molecule has 0 saturated carbocycles. The molecule has 2 aliphatic rings. The third-order valence-electron chi connectivity index (χ3n) is 4.55. The second-order valence-electron chi connectivity index (χ2n) is 5.82. The molecule has 4 heterocycles. The van der Waals surface area contributed by atoms with Gasteiger partial charge in [-0.05, 0) is 30.9 Å². The molecule has 1 saturated heterocycles. The van der Waals surface area contributed by atoms with Gasteiger partial charge in [-0.25, -0.2) is 4.98 Å². The summed E-state index contributed by atoms with van der Waals surface area (Å²) in [5.41, 5.74) is 2.92. The molecule has 0 unspecified atom stereocenters. The molecule has 6 nitrogen and oxygen atoms in total. The van der Waals surface area contributed by atoms with Crippen LogP contribution >= 0.6 is 0 Å². The first-order valence-corrected chi connectivity index (χ1v) is 7.46. The topological polar surface area (TPSA) is 70.6 Å². The number of rotatable bonds is 2. The van der Waals surface area contributed by atoms with Gasteiger partial charge in [-0.15, -0.1) is 0 Å². The third kappa shape index (κ3) is 1.98. The number of aromatic nitrogens is 4. The van der Waals surface area contributed by atoms with Gasteiger partial charge in [-0.3, -0.25) is 9.67 Å². The predicted molar refractivity (Wildman–Crippen MR) is 81.8 cm³/mol. The van der Waals surface area contributed by atoms with Crippen LogP contribution in [0.2, 0.25) is 0 Å². The Bertz CT molecular complexity index is 784. The van der Waals surface area contributed by atoms with E-state index in [0.29, 0.717) is 17.8 Å². The minimum Gasteiger partial charge on any atom is -0.346 e. The summed E-state index contributed by atoms with van der Waals surface area (Å²) in [4.78, 5) is 10.9. The van der Waals surface area contributed by atoms with Gasteiger partial charge >= 0.3 is 0 Å². The van der Waals surface area contributed by atoms with Gasteiger partial charge in [0.2, 0.25) is 0 Å². The fraction of sp³-hybridized carbons (Fsp3) is 0.375. The highest BCUT2D eigenvalue weighted by Gasteiger charge is 2.38. The fourth-order valence-corrected chi connectivity index (χ4v) is 3.60. The number of nitrogens with zero attached hydrogens (tertiary/aromatic N) is 6. The van der Waals surface area contributed by atoms with Crippen LogP contribution in [0.4, 0.5) is 5.82 Å². The molecule has 2 aliphatic heterocycles. The van der Waals surface area contributed by atoms with Crippen LogP contribution < -0.4 is 4.90 Å². The van der Waals surface area contributed by atoms with E-state index in [-0.39, 0.29) is 0 Å². The van der Waals surface area contributed by atoms with Crippen molar-refractivity contribution in [3.63, 3.8) is 0 Å². The zero-order valence-corrected chi connectivity index (χ0v) is 12.3. The molecule has 0 aliphatic carbocycles. The van der Waals surface area contributed by atoms with Crippen molar-refractivity contribution in [3.8, 4) is 6.07 Å². The molecule has 1 fully saturated rings. The highest BCUT2D eigenvalue weighted by Crippen LogP contribution is 2.40. The number of fused-ring (bicyclic) bond motifs is 2. The van der Waals surface area contributed by atoms with Crippen LogP contribution in [0.5, 0.6) is 0 Å². The normalized spacial score (nSPS) is 23.3. The van der Waals surface area contributed by atoms with Crippen LogP contribution in [0.25, 0.3) is 5.57 Å². The molecule has 6 heteroatoms. The Morgan fingerprint density at radius 1 is 1.32 bits per heavy atom. The molecule has 2 bridgehead atoms. The van der Waals surface area contributed by atoms with E-state index in [1.54, 1.807) is 6.20 Å². The lowest BCUT2D eigenvalue weighted by Gasteiger charge is -2.34. The number of anilines is 1. The van der Waals surface area contributed by atoms with Crippen LogP contribution in [-0.2, 0) is 7.05 Å². The Morgan fingerprint density at radius 3 is 2.95 bits per heavy atom. The van der Waals surface area contributed by atoms with Gasteiger partial charge in [0.25, 0.3) is 0 Å². The molecule has 4 rings (SSSR count). The molecule has 110 valence electrons. The van der Waals surface area contributed by atoms with Crippen molar-refractivity contribution in [3.05, 3.63) is 42.1 Å². The van der Waals surface area contributed by atoms with Gasteiger partial charge in [0, 0.05) is 25.3 Å². The summed E-state index contributed by atoms with van der Waals surface area (Å²) in [6.45, 7) is 0. The maximum atomic E-state index is 9.01. The molecular weight excluding hydrogens is 276 g/mol. The van der Waals surface area contributed by atoms with Gasteiger partial charge in [-0.1, -0.05) is 6.08 Å². The van der Waals surface area contributed by atoms with Crippen molar-refractivity contribution < 1.29 is 0 Å². The quantitative estimate of drug-likeness (QED) is 0.845. The van der Waals surface area contributed by atoms with Crippen LogP contribution in [0.1, 0.15) is 30.7 Å². The van der Waals surface area contributed by atoms with Gasteiger partial charge in [0.15, 0.2) is 5.69 Å². The Kier molecular flexibility index (Phi) is 2.93. The maximum absolute atomic E-state index is 9.01. The van der Waals surface area contributed by atoms with Gasteiger partial charge in [0.1, 0.15) is 11.9 Å². The van der Waals surface area contributed by atoms with Crippen molar-refractivity contribution in [2.75, 3.05) is 4.90 Å². The molecular formula is C16H16N6. The van der Waals surface area contributed by atoms with E-state index in [4.69, 9.17) is 5.26 Å². The molecule has 0 aromatic carbocycles. The van der Waals surface area contributed by atoms with E-state index >= 15 is 0 Å². The van der Waals surface area contributed by atoms with Crippen LogP contribution in [0.3, 0.4) is 0 Å². The largest absolute Gasteiger partial charge is 0.346 e. The molecule has 0 radical (unpaired) electrons. The summed E-state index contributed by atoms with van der Waals surface area (Å²) in [6, 6.07) is 4.88. The minimum atomic E-state index is 0.326. The number of aryl methyl sites for hydroxylation is 1. The molecule has 2 aromatic heterocycles. The van der Waals surface area contributed by atoms with Crippen molar-refractivity contribution in [2.45, 2.75) is 31.3 Å². The Hall–Kier alpha value is -2.68. The third-order valence-corrected chi connectivity index (χ3v) is 4.55. The van der Waals surface area contributed by atoms with Gasteiger partial charge < -0.3 is 4.90 Å². The molecule has 2 atom stereocenters. The van der Waals surface area contributed by atoms with Crippen LogP contribution in [0.15, 0.2) is 30.7 Å². The fourth-order valence-electron chi connectivity index (χ4n) is 3.60. The van der Waals surface area contributed by atoms with Gasteiger partial charge in [0.05, 0.1) is 18.1 Å². The standard InChI is InChI=1S/C16H16N6/c1-21-15(4-5-19-21)11-6-13-2-3-14(7-11)22(13)16-10-18-9-12(8-17)20-16/h4-6,9-10,13-14H,2-3,7H2,1H3/t13-,14+/m1/s1. The first kappa shape index (κ1) is 13.0. The average molecular weight is 292 g/mol. The summed E-state index contributed by atoms with van der Waals surface area (Å²) in [5.74, 6) is 0.812. The molecule has 22 heavy (non-hydrogen) atoms. The minimum absolute atomic E-state index is 0.326. The lowest BCUT2D eigenvalue weighted by molar-refractivity contribution is 0.641. The van der Waals surface area contributed by atoms with Gasteiger partial charge in [-0.2, -0.15) is 10.4 Å². The van der Waals surface area contributed by atoms with E-state index in [1.807, 2.05) is 17.9 Å². The van der Waals surface area contributed by atoms with E-state index in [9.17, 15) is 0 Å².